The number of nitrogens with one attached hydrogen (secondary N) is 1. The summed E-state index contributed by atoms with van der Waals surface area (Å²) in [5, 5.41) is 9.49. The zero-order valence-corrected chi connectivity index (χ0v) is 17.3. The third-order valence-electron chi connectivity index (χ3n) is 4.48. The van der Waals surface area contributed by atoms with Crippen LogP contribution in [0.2, 0.25) is 0 Å². The van der Waals surface area contributed by atoms with Crippen molar-refractivity contribution in [3.63, 3.8) is 0 Å². The molecule has 0 unspecified atom stereocenters. The van der Waals surface area contributed by atoms with Crippen molar-refractivity contribution < 1.29 is 23.4 Å². The second-order valence-corrected chi connectivity index (χ2v) is 7.23. The summed E-state index contributed by atoms with van der Waals surface area (Å²) in [7, 11) is 0. The monoisotopic (exact) mass is 475 g/mol. The summed E-state index contributed by atoms with van der Waals surface area (Å²) in [6.45, 7) is 4.98. The Bertz CT molecular complexity index is 1220. The Balaban J connectivity index is 2.13. The molecule has 30 heavy (non-hydrogen) atoms. The van der Waals surface area contributed by atoms with Gasteiger partial charge >= 0.3 is 5.97 Å². The molecule has 0 saturated heterocycles. The molecule has 1 heterocycles. The number of ether oxygens (including phenoxy) is 1. The highest BCUT2D eigenvalue weighted by Crippen LogP contribution is 2.37. The molecule has 0 saturated carbocycles. The molecule has 0 spiro atoms. The molecule has 8 heteroatoms. The van der Waals surface area contributed by atoms with Crippen LogP contribution >= 0.6 is 15.9 Å². The number of pyridine rings is 1. The summed E-state index contributed by atoms with van der Waals surface area (Å²) in [6.07, 6.45) is 1.43. The number of halogens is 3. The Hall–Kier alpha value is -3.26. The maximum atomic E-state index is 14.0. The van der Waals surface area contributed by atoms with Gasteiger partial charge in [-0.25, -0.2) is 13.6 Å². The standard InChI is InChI=1S/C22H16BrF2NO4/c1-3-12-4-5-13(8-16(12)22(28)29)18-11(2)26-21(27)19(23)20(18)30-10-14-6-7-15(24)9-17(14)25/h3-9H,1,10H2,2H3,(H,26,27)(H,28,29). The summed E-state index contributed by atoms with van der Waals surface area (Å²) in [5.74, 6) is -2.52. The first-order valence-electron chi connectivity index (χ1n) is 8.72. The lowest BCUT2D eigenvalue weighted by atomic mass is 9.97. The fourth-order valence-electron chi connectivity index (χ4n) is 3.02. The van der Waals surface area contributed by atoms with Crippen molar-refractivity contribution in [2.45, 2.75) is 13.5 Å². The van der Waals surface area contributed by atoms with Gasteiger partial charge in [0.05, 0.1) is 5.56 Å². The highest BCUT2D eigenvalue weighted by molar-refractivity contribution is 9.10. The van der Waals surface area contributed by atoms with Crippen LogP contribution < -0.4 is 10.3 Å². The van der Waals surface area contributed by atoms with Crippen molar-refractivity contribution in [2.24, 2.45) is 0 Å². The molecule has 2 aromatic carbocycles. The first kappa shape index (κ1) is 21.4. The Kier molecular flexibility index (Phi) is 6.17. The van der Waals surface area contributed by atoms with Crippen LogP contribution in [0.25, 0.3) is 17.2 Å². The van der Waals surface area contributed by atoms with E-state index in [0.29, 0.717) is 22.4 Å². The molecule has 0 fully saturated rings. The number of benzene rings is 2. The first-order valence-corrected chi connectivity index (χ1v) is 9.51. The normalized spacial score (nSPS) is 10.7. The van der Waals surface area contributed by atoms with Crippen LogP contribution in [0.1, 0.15) is 27.2 Å². The second kappa shape index (κ2) is 8.62. The maximum absolute atomic E-state index is 14.0. The number of aryl methyl sites for hydroxylation is 1. The van der Waals surface area contributed by atoms with Gasteiger partial charge in [0.2, 0.25) is 0 Å². The van der Waals surface area contributed by atoms with E-state index in [1.165, 1.54) is 18.2 Å². The largest absolute Gasteiger partial charge is 0.487 e. The molecule has 0 amide bonds. The van der Waals surface area contributed by atoms with Gasteiger partial charge in [0, 0.05) is 22.9 Å². The summed E-state index contributed by atoms with van der Waals surface area (Å²) >= 11 is 3.19. The van der Waals surface area contributed by atoms with Gasteiger partial charge in [-0.2, -0.15) is 0 Å². The van der Waals surface area contributed by atoms with Gasteiger partial charge in [-0.05, 0) is 52.2 Å². The van der Waals surface area contributed by atoms with E-state index in [-0.39, 0.29) is 28.0 Å². The van der Waals surface area contributed by atoms with Gasteiger partial charge in [0.1, 0.15) is 28.5 Å². The zero-order valence-electron chi connectivity index (χ0n) is 15.8. The number of hydrogen-bond acceptors (Lipinski definition) is 3. The van der Waals surface area contributed by atoms with Crippen molar-refractivity contribution in [1.29, 1.82) is 0 Å². The van der Waals surface area contributed by atoms with E-state index < -0.39 is 23.2 Å². The number of rotatable bonds is 6. The molecule has 3 rings (SSSR count). The number of aromatic nitrogens is 1. The number of carbonyl (C=O) groups is 1. The van der Waals surface area contributed by atoms with Crippen molar-refractivity contribution in [3.8, 4) is 16.9 Å². The molecular weight excluding hydrogens is 460 g/mol. The van der Waals surface area contributed by atoms with Crippen LogP contribution in [0.15, 0.2) is 52.2 Å². The van der Waals surface area contributed by atoms with Crippen LogP contribution in [-0.4, -0.2) is 16.1 Å². The van der Waals surface area contributed by atoms with E-state index in [0.717, 1.165) is 12.1 Å². The van der Waals surface area contributed by atoms with Crippen LogP contribution in [0, 0.1) is 18.6 Å². The van der Waals surface area contributed by atoms with E-state index in [1.54, 1.807) is 19.1 Å². The average molecular weight is 476 g/mol. The summed E-state index contributed by atoms with van der Waals surface area (Å²) in [5.41, 5.74) is 1.43. The van der Waals surface area contributed by atoms with E-state index in [1.807, 2.05) is 0 Å². The number of hydrogen-bond donors (Lipinski definition) is 2. The van der Waals surface area contributed by atoms with Crippen molar-refractivity contribution in [3.05, 3.63) is 91.8 Å². The third kappa shape index (κ3) is 4.18. The molecule has 0 aliphatic heterocycles. The lowest BCUT2D eigenvalue weighted by Gasteiger charge is -2.17. The first-order chi connectivity index (χ1) is 14.2. The van der Waals surface area contributed by atoms with E-state index in [4.69, 9.17) is 4.74 Å². The predicted molar refractivity (Wildman–Crippen MR) is 113 cm³/mol. The van der Waals surface area contributed by atoms with Gasteiger partial charge in [0.25, 0.3) is 5.56 Å². The molecule has 2 N–H and O–H groups in total. The predicted octanol–water partition coefficient (Wildman–Crippen LogP) is 5.31. The minimum absolute atomic E-state index is 0.0275. The molecule has 0 atom stereocenters. The minimum Gasteiger partial charge on any atom is -0.487 e. The lowest BCUT2D eigenvalue weighted by Crippen LogP contribution is -2.13. The molecule has 0 bridgehead atoms. The molecule has 0 aliphatic carbocycles. The van der Waals surface area contributed by atoms with E-state index in [2.05, 4.69) is 27.5 Å². The third-order valence-corrected chi connectivity index (χ3v) is 5.20. The van der Waals surface area contributed by atoms with Crippen molar-refractivity contribution >= 4 is 28.0 Å². The Morgan fingerprint density at radius 1 is 1.27 bits per heavy atom. The van der Waals surface area contributed by atoms with Gasteiger partial charge in [-0.3, -0.25) is 4.79 Å². The Morgan fingerprint density at radius 3 is 2.63 bits per heavy atom. The van der Waals surface area contributed by atoms with Gasteiger partial charge in [0.15, 0.2) is 0 Å². The Labute approximate surface area is 178 Å². The minimum atomic E-state index is -1.14. The summed E-state index contributed by atoms with van der Waals surface area (Å²) in [6, 6.07) is 7.80. The number of aromatic carboxylic acids is 1. The molecule has 0 aliphatic rings. The maximum Gasteiger partial charge on any atom is 0.336 e. The average Bonchev–Trinajstić information content (AvgIpc) is 2.70. The molecule has 0 radical (unpaired) electrons. The Morgan fingerprint density at radius 2 is 2.00 bits per heavy atom. The quantitative estimate of drug-likeness (QED) is 0.506. The fourth-order valence-corrected chi connectivity index (χ4v) is 3.43. The molecular formula is C22H16BrF2NO4. The highest BCUT2D eigenvalue weighted by Gasteiger charge is 2.20. The van der Waals surface area contributed by atoms with Crippen molar-refractivity contribution in [1.82, 2.24) is 4.98 Å². The van der Waals surface area contributed by atoms with Crippen LogP contribution in [0.4, 0.5) is 8.78 Å². The van der Waals surface area contributed by atoms with Gasteiger partial charge in [-0.15, -0.1) is 0 Å². The van der Waals surface area contributed by atoms with Crippen LogP contribution in [0.5, 0.6) is 5.75 Å². The van der Waals surface area contributed by atoms with Gasteiger partial charge in [-0.1, -0.05) is 24.8 Å². The van der Waals surface area contributed by atoms with E-state index >= 15 is 0 Å². The number of H-pyrrole nitrogens is 1. The SMILES string of the molecule is C=Cc1ccc(-c2c(C)[nH]c(=O)c(Br)c2OCc2ccc(F)cc2F)cc1C(=O)O. The molecule has 1 aromatic heterocycles. The number of aromatic amines is 1. The molecule has 3 aromatic rings. The van der Waals surface area contributed by atoms with Crippen molar-refractivity contribution in [2.75, 3.05) is 0 Å². The van der Waals surface area contributed by atoms with Crippen LogP contribution in [0.3, 0.4) is 0 Å². The topological polar surface area (TPSA) is 79.4 Å². The number of carboxylic acids is 1. The highest BCUT2D eigenvalue weighted by atomic mass is 79.9. The zero-order chi connectivity index (χ0) is 22.0. The lowest BCUT2D eigenvalue weighted by molar-refractivity contribution is 0.0696. The fraction of sp³-hybridized carbons (Fsp3) is 0.0909. The van der Waals surface area contributed by atoms with Crippen LogP contribution in [-0.2, 0) is 6.61 Å². The van der Waals surface area contributed by atoms with E-state index in [9.17, 15) is 23.5 Å². The number of carboxylic acid groups (broad SMARTS) is 1. The second-order valence-electron chi connectivity index (χ2n) is 6.43. The summed E-state index contributed by atoms with van der Waals surface area (Å²) in [4.78, 5) is 26.5. The summed E-state index contributed by atoms with van der Waals surface area (Å²) < 4.78 is 32.9. The van der Waals surface area contributed by atoms with Gasteiger partial charge < -0.3 is 14.8 Å². The smallest absolute Gasteiger partial charge is 0.336 e. The molecule has 154 valence electrons. The molecule has 5 nitrogen and oxygen atoms in total.